The minimum absolute atomic E-state index is 0.0102. The molecule has 0 aromatic rings. The van der Waals surface area contributed by atoms with Gasteiger partial charge < -0.3 is 25.7 Å². The molecule has 2 saturated heterocycles. The second-order valence-corrected chi connectivity index (χ2v) is 4.65. The zero-order chi connectivity index (χ0) is 12.1. The van der Waals surface area contributed by atoms with E-state index in [1.54, 1.807) is 0 Å². The van der Waals surface area contributed by atoms with Crippen molar-refractivity contribution in [2.24, 2.45) is 11.5 Å². The van der Waals surface area contributed by atoms with E-state index >= 15 is 0 Å². The van der Waals surface area contributed by atoms with Crippen molar-refractivity contribution in [3.63, 3.8) is 0 Å². The van der Waals surface area contributed by atoms with Gasteiger partial charge in [-0.1, -0.05) is 0 Å². The first kappa shape index (κ1) is 13.9. The second-order valence-electron chi connectivity index (χ2n) is 4.65. The smallest absolute Gasteiger partial charge is 0.109 e. The lowest BCUT2D eigenvalue weighted by Gasteiger charge is -2.20. The van der Waals surface area contributed by atoms with Gasteiger partial charge in [-0.05, 0) is 20.8 Å². The number of epoxide rings is 2. The van der Waals surface area contributed by atoms with Crippen LogP contribution in [0, 0.1) is 0 Å². The van der Waals surface area contributed by atoms with Crippen molar-refractivity contribution in [1.29, 1.82) is 0 Å². The Bertz CT molecular complexity index is 190. The van der Waals surface area contributed by atoms with E-state index in [1.807, 2.05) is 13.8 Å². The van der Waals surface area contributed by atoms with Crippen LogP contribution in [-0.4, -0.2) is 50.2 Å². The lowest BCUT2D eigenvalue weighted by atomic mass is 10.1. The molecule has 2 heterocycles. The van der Waals surface area contributed by atoms with Gasteiger partial charge in [0.05, 0.1) is 25.9 Å². The molecular weight excluding hydrogens is 208 g/mol. The molecule has 0 saturated carbocycles. The van der Waals surface area contributed by atoms with Crippen molar-refractivity contribution in [2.75, 3.05) is 19.8 Å². The lowest BCUT2D eigenvalue weighted by Crippen LogP contribution is -2.40. The first-order valence-corrected chi connectivity index (χ1v) is 5.86. The van der Waals surface area contributed by atoms with E-state index < -0.39 is 0 Å². The molecule has 2 rings (SSSR count). The average Bonchev–Trinajstić information content (AvgIpc) is 3.01. The molecule has 5 atom stereocenters. The van der Waals surface area contributed by atoms with Crippen molar-refractivity contribution in [2.45, 2.75) is 51.2 Å². The molecule has 16 heavy (non-hydrogen) atoms. The minimum Gasteiger partial charge on any atom is -0.373 e. The van der Waals surface area contributed by atoms with Gasteiger partial charge in [0.2, 0.25) is 0 Å². The molecule has 5 heteroatoms. The highest BCUT2D eigenvalue weighted by Gasteiger charge is 2.35. The fourth-order valence-corrected chi connectivity index (χ4v) is 1.20. The number of nitrogens with two attached hydrogens (primary N) is 2. The van der Waals surface area contributed by atoms with Gasteiger partial charge in [-0.15, -0.1) is 0 Å². The van der Waals surface area contributed by atoms with E-state index in [0.717, 1.165) is 13.2 Å². The predicted molar refractivity (Wildman–Crippen MR) is 62.2 cm³/mol. The van der Waals surface area contributed by atoms with Gasteiger partial charge in [-0.3, -0.25) is 0 Å². The van der Waals surface area contributed by atoms with Crippen LogP contribution in [0.1, 0.15) is 20.8 Å². The summed E-state index contributed by atoms with van der Waals surface area (Å²) in [6.45, 7) is 8.19. The Kier molecular flexibility index (Phi) is 5.64. The van der Waals surface area contributed by atoms with E-state index in [0.29, 0.717) is 12.7 Å². The molecule has 5 unspecified atom stereocenters. The Morgan fingerprint density at radius 2 is 1.75 bits per heavy atom. The topological polar surface area (TPSA) is 86.3 Å². The summed E-state index contributed by atoms with van der Waals surface area (Å²) in [7, 11) is 0. The second kappa shape index (κ2) is 6.51. The highest BCUT2D eigenvalue weighted by molar-refractivity contribution is 4.85. The molecule has 2 fully saturated rings. The van der Waals surface area contributed by atoms with Crippen LogP contribution in [0.25, 0.3) is 0 Å². The third-order valence-electron chi connectivity index (χ3n) is 2.30. The Morgan fingerprint density at radius 3 is 2.00 bits per heavy atom. The van der Waals surface area contributed by atoms with Crippen LogP contribution < -0.4 is 11.5 Å². The van der Waals surface area contributed by atoms with E-state index in [9.17, 15) is 0 Å². The van der Waals surface area contributed by atoms with Gasteiger partial charge in [-0.2, -0.15) is 0 Å². The predicted octanol–water partition coefficient (Wildman–Crippen LogP) is -0.130. The van der Waals surface area contributed by atoms with Crippen LogP contribution in [0.15, 0.2) is 0 Å². The maximum absolute atomic E-state index is 5.72. The Morgan fingerprint density at radius 1 is 1.25 bits per heavy atom. The molecule has 0 aliphatic carbocycles. The molecule has 0 amide bonds. The van der Waals surface area contributed by atoms with E-state index in [2.05, 4.69) is 6.92 Å². The Labute approximate surface area is 97.4 Å². The van der Waals surface area contributed by atoms with Crippen LogP contribution in [0.3, 0.4) is 0 Å². The quantitative estimate of drug-likeness (QED) is 0.645. The third kappa shape index (κ3) is 6.40. The molecule has 2 aliphatic rings. The third-order valence-corrected chi connectivity index (χ3v) is 2.30. The maximum atomic E-state index is 5.72. The van der Waals surface area contributed by atoms with Crippen molar-refractivity contribution < 1.29 is 14.2 Å². The number of ether oxygens (including phenoxy) is 3. The van der Waals surface area contributed by atoms with Crippen molar-refractivity contribution in [1.82, 2.24) is 0 Å². The van der Waals surface area contributed by atoms with Gasteiger partial charge in [0.15, 0.2) is 0 Å². The van der Waals surface area contributed by atoms with Gasteiger partial charge in [0.25, 0.3) is 0 Å². The van der Waals surface area contributed by atoms with E-state index in [4.69, 9.17) is 25.7 Å². The molecule has 0 spiro atoms. The molecule has 0 bridgehead atoms. The van der Waals surface area contributed by atoms with Crippen LogP contribution in [0.5, 0.6) is 0 Å². The standard InChI is InChI=1S/C8H18N2O2.C3H6O/c1-5(9)3-12-8(6(2)10)7-4-11-7;1-3-2-4-3/h5-8H,3-4,9-10H2,1-2H3;3H,2H2,1H3. The van der Waals surface area contributed by atoms with Crippen molar-refractivity contribution in [3.05, 3.63) is 0 Å². The summed E-state index contributed by atoms with van der Waals surface area (Å²) in [5, 5.41) is 0. The molecule has 0 aromatic heterocycles. The zero-order valence-corrected chi connectivity index (χ0v) is 10.4. The van der Waals surface area contributed by atoms with Crippen LogP contribution >= 0.6 is 0 Å². The minimum atomic E-state index is 0.0102. The summed E-state index contributed by atoms with van der Waals surface area (Å²) in [5.41, 5.74) is 11.3. The summed E-state index contributed by atoms with van der Waals surface area (Å²) in [6, 6.07) is 0.0706. The first-order chi connectivity index (χ1) is 7.50. The molecule has 96 valence electrons. The van der Waals surface area contributed by atoms with Crippen LogP contribution in [0.4, 0.5) is 0 Å². The largest absolute Gasteiger partial charge is 0.373 e. The summed E-state index contributed by atoms with van der Waals surface area (Å²) in [5.74, 6) is 0. The first-order valence-electron chi connectivity index (χ1n) is 5.86. The van der Waals surface area contributed by atoms with Gasteiger partial charge >= 0.3 is 0 Å². The molecular formula is C11H24N2O3. The molecule has 0 aromatic carbocycles. The fraction of sp³-hybridized carbons (Fsp3) is 1.00. The normalized spacial score (nSPS) is 32.1. The number of hydrogen-bond acceptors (Lipinski definition) is 5. The maximum Gasteiger partial charge on any atom is 0.109 e. The van der Waals surface area contributed by atoms with Gasteiger partial charge in [-0.25, -0.2) is 0 Å². The zero-order valence-electron chi connectivity index (χ0n) is 10.4. The highest BCUT2D eigenvalue weighted by Crippen LogP contribution is 2.19. The summed E-state index contributed by atoms with van der Waals surface area (Å²) >= 11 is 0. The summed E-state index contributed by atoms with van der Waals surface area (Å²) in [4.78, 5) is 0. The van der Waals surface area contributed by atoms with E-state index in [1.165, 1.54) is 0 Å². The Balaban J connectivity index is 0.000000267. The summed E-state index contributed by atoms with van der Waals surface area (Å²) < 4.78 is 15.3. The van der Waals surface area contributed by atoms with Crippen LogP contribution in [0.2, 0.25) is 0 Å². The SMILES string of the molecule is CC(N)COC(C(C)N)C1CO1.CC1CO1. The van der Waals surface area contributed by atoms with Gasteiger partial charge in [0.1, 0.15) is 12.2 Å². The molecule has 2 aliphatic heterocycles. The molecule has 0 radical (unpaired) electrons. The van der Waals surface area contributed by atoms with E-state index in [-0.39, 0.29) is 24.3 Å². The highest BCUT2D eigenvalue weighted by atomic mass is 16.6. The fourth-order valence-electron chi connectivity index (χ4n) is 1.20. The number of rotatable bonds is 5. The number of hydrogen-bond donors (Lipinski definition) is 2. The molecule has 5 nitrogen and oxygen atoms in total. The van der Waals surface area contributed by atoms with Crippen LogP contribution in [-0.2, 0) is 14.2 Å². The van der Waals surface area contributed by atoms with Crippen molar-refractivity contribution in [3.8, 4) is 0 Å². The monoisotopic (exact) mass is 232 g/mol. The van der Waals surface area contributed by atoms with Crippen molar-refractivity contribution >= 4 is 0 Å². The summed E-state index contributed by atoms with van der Waals surface area (Å²) in [6.07, 6.45) is 0.791. The lowest BCUT2D eigenvalue weighted by molar-refractivity contribution is 0.0150. The molecule has 4 N–H and O–H groups in total. The Hall–Kier alpha value is -0.200. The van der Waals surface area contributed by atoms with Gasteiger partial charge in [0, 0.05) is 12.1 Å². The average molecular weight is 232 g/mol.